The van der Waals surface area contributed by atoms with Crippen LogP contribution in [0.5, 0.6) is 0 Å². The van der Waals surface area contributed by atoms with E-state index < -0.39 is 0 Å². The van der Waals surface area contributed by atoms with Crippen LogP contribution in [0.2, 0.25) is 0 Å². The van der Waals surface area contributed by atoms with Gasteiger partial charge >= 0.3 is 0 Å². The summed E-state index contributed by atoms with van der Waals surface area (Å²) >= 11 is 0. The molecular weight excluding hydrogens is 224 g/mol. The summed E-state index contributed by atoms with van der Waals surface area (Å²) in [7, 11) is 0. The van der Waals surface area contributed by atoms with E-state index in [1.165, 1.54) is 0 Å². The maximum Gasteiger partial charge on any atom is 0.0789 e. The highest BCUT2D eigenvalue weighted by Gasteiger charge is 2.65. The average molecular weight is 250 g/mol. The molecule has 18 heavy (non-hydrogen) atoms. The average Bonchev–Trinajstić information content (AvgIpc) is 2.61. The maximum atomic E-state index is 10.8. The van der Waals surface area contributed by atoms with Gasteiger partial charge < -0.3 is 9.84 Å². The van der Waals surface area contributed by atoms with Gasteiger partial charge in [-0.15, -0.1) is 0 Å². The quantitative estimate of drug-likeness (QED) is 0.670. The Bertz CT molecular complexity index is 387. The van der Waals surface area contributed by atoms with Crippen LogP contribution < -0.4 is 0 Å². The lowest BCUT2D eigenvalue weighted by molar-refractivity contribution is -0.140. The summed E-state index contributed by atoms with van der Waals surface area (Å²) in [6.45, 7) is 14.2. The molecule has 3 aliphatic rings. The van der Waals surface area contributed by atoms with Crippen molar-refractivity contribution in [2.45, 2.75) is 52.7 Å². The fourth-order valence-corrected chi connectivity index (χ4v) is 5.34. The minimum atomic E-state index is -0.360. The Balaban J connectivity index is 2.12. The number of hydrogen-bond donors (Lipinski definition) is 1. The molecule has 1 N–H and O–H groups in total. The van der Waals surface area contributed by atoms with Crippen molar-refractivity contribution in [3.05, 3.63) is 12.2 Å². The molecule has 3 fully saturated rings. The lowest BCUT2D eigenvalue weighted by atomic mass is 9.45. The van der Waals surface area contributed by atoms with Crippen molar-refractivity contribution < 1.29 is 9.84 Å². The molecule has 102 valence electrons. The van der Waals surface area contributed by atoms with Gasteiger partial charge in [-0.2, -0.15) is 0 Å². The number of hydrogen-bond acceptors (Lipinski definition) is 2. The molecule has 0 aromatic heterocycles. The van der Waals surface area contributed by atoms with E-state index in [1.807, 2.05) is 0 Å². The second-order valence-electron chi connectivity index (χ2n) is 7.61. The number of ether oxygens (including phenoxy) is 1. The van der Waals surface area contributed by atoms with Crippen molar-refractivity contribution in [1.29, 1.82) is 0 Å². The largest absolute Gasteiger partial charge is 0.388 e. The molecule has 0 spiro atoms. The Hall–Kier alpha value is -0.340. The number of rotatable bonds is 0. The lowest BCUT2D eigenvalue weighted by Gasteiger charge is -2.59. The Morgan fingerprint density at radius 1 is 1.33 bits per heavy atom. The summed E-state index contributed by atoms with van der Waals surface area (Å²) in [5, 5.41) is 10.8. The van der Waals surface area contributed by atoms with E-state index in [2.05, 4.69) is 34.3 Å². The standard InChI is InChI=1S/C16H26O2/c1-9-10(2)13(17)14-15(3,4)7-6-12-16(14,5)11(9)8-18-12/h9,11-14,17H,2,6-8H2,1,3-5H3/t9-,11-,12+,13+,14+,16+/m1/s1. The minimum absolute atomic E-state index is 0.127. The molecule has 1 saturated heterocycles. The first-order chi connectivity index (χ1) is 8.30. The smallest absolute Gasteiger partial charge is 0.0789 e. The molecule has 0 bridgehead atoms. The van der Waals surface area contributed by atoms with Crippen molar-refractivity contribution in [3.63, 3.8) is 0 Å². The zero-order chi connectivity index (χ0) is 13.3. The van der Waals surface area contributed by atoms with Gasteiger partial charge in [0.15, 0.2) is 0 Å². The summed E-state index contributed by atoms with van der Waals surface area (Å²) in [6, 6.07) is 0. The summed E-state index contributed by atoms with van der Waals surface area (Å²) < 4.78 is 6.08. The predicted octanol–water partition coefficient (Wildman–Crippen LogP) is 3.01. The third kappa shape index (κ3) is 1.31. The van der Waals surface area contributed by atoms with E-state index in [9.17, 15) is 5.11 Å². The number of aliphatic hydroxyl groups excluding tert-OH is 1. The molecule has 0 aromatic rings. The zero-order valence-corrected chi connectivity index (χ0v) is 12.1. The third-order valence-corrected chi connectivity index (χ3v) is 6.42. The molecule has 2 aliphatic carbocycles. The second kappa shape index (κ2) is 3.61. The van der Waals surface area contributed by atoms with Crippen LogP contribution in [0, 0.1) is 28.6 Å². The van der Waals surface area contributed by atoms with Crippen LogP contribution >= 0.6 is 0 Å². The molecule has 2 saturated carbocycles. The van der Waals surface area contributed by atoms with Gasteiger partial charge in [0.25, 0.3) is 0 Å². The molecule has 1 heterocycles. The van der Waals surface area contributed by atoms with E-state index in [4.69, 9.17) is 4.74 Å². The Morgan fingerprint density at radius 2 is 2.00 bits per heavy atom. The minimum Gasteiger partial charge on any atom is -0.388 e. The van der Waals surface area contributed by atoms with Gasteiger partial charge in [-0.25, -0.2) is 0 Å². The van der Waals surface area contributed by atoms with Crippen LogP contribution in [0.15, 0.2) is 12.2 Å². The summed E-state index contributed by atoms with van der Waals surface area (Å²) in [5.41, 5.74) is 1.34. The van der Waals surface area contributed by atoms with Gasteiger partial charge in [0, 0.05) is 11.3 Å². The Morgan fingerprint density at radius 3 is 2.67 bits per heavy atom. The van der Waals surface area contributed by atoms with Crippen LogP contribution in [0.4, 0.5) is 0 Å². The molecule has 0 unspecified atom stereocenters. The SMILES string of the molecule is C=C1[C@@H](C)[C@H]2CO[C@H]3CCC(C)(C)[C@H]([C@H]1O)[C@]32C. The summed E-state index contributed by atoms with van der Waals surface area (Å²) in [5.74, 6) is 1.20. The second-order valence-corrected chi connectivity index (χ2v) is 7.61. The van der Waals surface area contributed by atoms with Crippen molar-refractivity contribution in [1.82, 2.24) is 0 Å². The summed E-state index contributed by atoms with van der Waals surface area (Å²) in [6.07, 6.45) is 2.26. The molecule has 1 aliphatic heterocycles. The fraction of sp³-hybridized carbons (Fsp3) is 0.875. The predicted molar refractivity (Wildman–Crippen MR) is 72.2 cm³/mol. The molecule has 0 amide bonds. The third-order valence-electron chi connectivity index (χ3n) is 6.42. The molecule has 2 nitrogen and oxygen atoms in total. The van der Waals surface area contributed by atoms with Gasteiger partial charge in [-0.3, -0.25) is 0 Å². The van der Waals surface area contributed by atoms with Crippen molar-refractivity contribution in [2.75, 3.05) is 6.61 Å². The van der Waals surface area contributed by atoms with E-state index in [0.717, 1.165) is 25.0 Å². The summed E-state index contributed by atoms with van der Waals surface area (Å²) in [4.78, 5) is 0. The van der Waals surface area contributed by atoms with E-state index >= 15 is 0 Å². The first kappa shape index (κ1) is 12.7. The van der Waals surface area contributed by atoms with Gasteiger partial charge in [-0.1, -0.05) is 34.3 Å². The van der Waals surface area contributed by atoms with Crippen LogP contribution in [0.1, 0.15) is 40.5 Å². The fourth-order valence-electron chi connectivity index (χ4n) is 5.34. The zero-order valence-electron chi connectivity index (χ0n) is 12.1. The Labute approximate surface area is 110 Å². The highest BCUT2D eigenvalue weighted by molar-refractivity contribution is 5.24. The van der Waals surface area contributed by atoms with Crippen LogP contribution in [-0.4, -0.2) is 23.9 Å². The first-order valence-electron chi connectivity index (χ1n) is 7.28. The van der Waals surface area contributed by atoms with Gasteiger partial charge in [-0.05, 0) is 35.7 Å². The number of aliphatic hydroxyl groups is 1. The molecular formula is C16H26O2. The lowest BCUT2D eigenvalue weighted by Crippen LogP contribution is -2.60. The van der Waals surface area contributed by atoms with E-state index in [0.29, 0.717) is 23.9 Å². The monoisotopic (exact) mass is 250 g/mol. The van der Waals surface area contributed by atoms with Crippen LogP contribution in [0.25, 0.3) is 0 Å². The molecule has 2 heteroatoms. The molecule has 0 aromatic carbocycles. The van der Waals surface area contributed by atoms with Crippen LogP contribution in [-0.2, 0) is 4.74 Å². The van der Waals surface area contributed by atoms with Gasteiger partial charge in [0.05, 0.1) is 18.8 Å². The maximum absolute atomic E-state index is 10.8. The molecule has 0 radical (unpaired) electrons. The topological polar surface area (TPSA) is 29.5 Å². The highest BCUT2D eigenvalue weighted by atomic mass is 16.5. The molecule has 3 rings (SSSR count). The van der Waals surface area contributed by atoms with Crippen LogP contribution in [0.3, 0.4) is 0 Å². The van der Waals surface area contributed by atoms with E-state index in [-0.39, 0.29) is 16.9 Å². The van der Waals surface area contributed by atoms with Crippen molar-refractivity contribution >= 4 is 0 Å². The highest BCUT2D eigenvalue weighted by Crippen LogP contribution is 2.65. The normalized spacial score (nSPS) is 54.3. The Kier molecular flexibility index (Phi) is 2.54. The first-order valence-corrected chi connectivity index (χ1v) is 7.28. The van der Waals surface area contributed by atoms with Crippen molar-refractivity contribution in [3.8, 4) is 0 Å². The molecule has 6 atom stereocenters. The van der Waals surface area contributed by atoms with E-state index in [1.54, 1.807) is 0 Å². The van der Waals surface area contributed by atoms with Crippen molar-refractivity contribution in [2.24, 2.45) is 28.6 Å². The van der Waals surface area contributed by atoms with Gasteiger partial charge in [0.2, 0.25) is 0 Å². The van der Waals surface area contributed by atoms with Gasteiger partial charge in [0.1, 0.15) is 0 Å².